The van der Waals surface area contributed by atoms with Crippen LogP contribution in [0, 0.1) is 5.41 Å². The van der Waals surface area contributed by atoms with E-state index in [1.807, 2.05) is 53.7 Å². The number of hydrogen-bond acceptors (Lipinski definition) is 0. The van der Waals surface area contributed by atoms with Crippen LogP contribution < -0.4 is 0 Å². The molecule has 0 saturated heterocycles. The van der Waals surface area contributed by atoms with E-state index < -0.39 is 0 Å². The summed E-state index contributed by atoms with van der Waals surface area (Å²) in [5.41, 5.74) is 0.500. The van der Waals surface area contributed by atoms with E-state index in [4.69, 9.17) is 0 Å². The van der Waals surface area contributed by atoms with Crippen LogP contribution in [0.3, 0.4) is 0 Å². The molecule has 0 unspecified atom stereocenters. The van der Waals surface area contributed by atoms with E-state index in [0.29, 0.717) is 5.41 Å². The minimum absolute atomic E-state index is 0.500. The Bertz CT molecular complexity index is 70.7. The molecule has 0 spiro atoms. The van der Waals surface area contributed by atoms with Crippen molar-refractivity contribution < 1.29 is 0 Å². The third-order valence-electron chi connectivity index (χ3n) is 0.833. The van der Waals surface area contributed by atoms with Crippen LogP contribution in [0.15, 0.2) is 12.2 Å². The van der Waals surface area contributed by atoms with Crippen molar-refractivity contribution in [2.24, 2.45) is 5.41 Å². The van der Waals surface area contributed by atoms with Gasteiger partial charge in [0.15, 0.2) is 0 Å². The molecule has 110 valence electrons. The van der Waals surface area contributed by atoms with Gasteiger partial charge >= 0.3 is 0 Å². The van der Waals surface area contributed by atoms with Crippen molar-refractivity contribution >= 4 is 0 Å². The SMILES string of the molecule is CC.CC.CC(C)(C)C.CC=CC.CCCC. The molecule has 0 heteroatoms. The lowest BCUT2D eigenvalue weighted by molar-refractivity contribution is 0.469. The van der Waals surface area contributed by atoms with Gasteiger partial charge in [-0.15, -0.1) is 0 Å². The second-order valence-corrected chi connectivity index (χ2v) is 4.67. The van der Waals surface area contributed by atoms with Gasteiger partial charge in [-0.1, -0.05) is 94.2 Å². The first-order valence-corrected chi connectivity index (χ1v) is 7.40. The second kappa shape index (κ2) is 36.0. The highest BCUT2D eigenvalue weighted by atomic mass is 14.0. The zero-order chi connectivity index (χ0) is 15.3. The van der Waals surface area contributed by atoms with Gasteiger partial charge in [-0.05, 0) is 19.3 Å². The molecule has 0 aliphatic carbocycles. The van der Waals surface area contributed by atoms with E-state index >= 15 is 0 Å². The van der Waals surface area contributed by atoms with E-state index in [1.165, 1.54) is 12.8 Å². The highest BCUT2D eigenvalue weighted by molar-refractivity contribution is 4.68. The van der Waals surface area contributed by atoms with Gasteiger partial charge < -0.3 is 0 Å². The number of unbranched alkanes of at least 4 members (excludes halogenated alkanes) is 1. The maximum Gasteiger partial charge on any atom is -0.0411 e. The van der Waals surface area contributed by atoms with Crippen molar-refractivity contribution in [1.82, 2.24) is 0 Å². The molecule has 0 bridgehead atoms. The average Bonchev–Trinajstić information content (AvgIpc) is 2.32. The van der Waals surface area contributed by atoms with Crippen molar-refractivity contribution in [2.45, 2.75) is 95.9 Å². The van der Waals surface area contributed by atoms with E-state index in [-0.39, 0.29) is 0 Å². The average molecular weight is 247 g/mol. The van der Waals surface area contributed by atoms with Gasteiger partial charge in [0.25, 0.3) is 0 Å². The summed E-state index contributed by atoms with van der Waals surface area (Å²) < 4.78 is 0. The largest absolute Gasteiger partial charge is 0.0919 e. The second-order valence-electron chi connectivity index (χ2n) is 4.67. The van der Waals surface area contributed by atoms with Crippen LogP contribution in [0.1, 0.15) is 95.9 Å². The van der Waals surface area contributed by atoms with Crippen molar-refractivity contribution in [3.63, 3.8) is 0 Å². The quantitative estimate of drug-likeness (QED) is 0.420. The van der Waals surface area contributed by atoms with E-state index in [1.54, 1.807) is 0 Å². The third kappa shape index (κ3) is 981. The van der Waals surface area contributed by atoms with Crippen LogP contribution in [0.25, 0.3) is 0 Å². The predicted octanol–water partition coefficient (Wildman–Crippen LogP) is 7.49. The molecular weight excluding hydrogens is 204 g/mol. The maximum absolute atomic E-state index is 2.19. The van der Waals surface area contributed by atoms with Crippen LogP contribution in [0.2, 0.25) is 0 Å². The molecule has 17 heavy (non-hydrogen) atoms. The molecule has 0 aromatic carbocycles. The summed E-state index contributed by atoms with van der Waals surface area (Å²) in [5, 5.41) is 0. The summed E-state index contributed by atoms with van der Waals surface area (Å²) in [6.07, 6.45) is 6.64. The lowest BCUT2D eigenvalue weighted by atomic mass is 10.0. The summed E-state index contributed by atoms with van der Waals surface area (Å²) >= 11 is 0. The first-order valence-electron chi connectivity index (χ1n) is 7.40. The molecule has 0 heterocycles. The molecule has 0 atom stereocenters. The van der Waals surface area contributed by atoms with Crippen LogP contribution in [-0.4, -0.2) is 0 Å². The fourth-order valence-electron chi connectivity index (χ4n) is 0. The molecule has 0 aromatic heterocycles. The van der Waals surface area contributed by atoms with Gasteiger partial charge in [-0.2, -0.15) is 0 Å². The van der Waals surface area contributed by atoms with Gasteiger partial charge in [-0.3, -0.25) is 0 Å². The van der Waals surface area contributed by atoms with Gasteiger partial charge in [0, 0.05) is 0 Å². The Hall–Kier alpha value is -0.260. The first kappa shape index (κ1) is 30.1. The lowest BCUT2D eigenvalue weighted by Crippen LogP contribution is -1.93. The molecule has 0 nitrogen and oxygen atoms in total. The Morgan fingerprint density at radius 1 is 0.647 bits per heavy atom. The fourth-order valence-corrected chi connectivity index (χ4v) is 0. The van der Waals surface area contributed by atoms with Crippen molar-refractivity contribution in [3.8, 4) is 0 Å². The molecule has 0 radical (unpaired) electrons. The summed E-state index contributed by atoms with van der Waals surface area (Å²) in [7, 11) is 0. The number of allylic oxidation sites excluding steroid dienone is 2. The predicted molar refractivity (Wildman–Crippen MR) is 88.9 cm³/mol. The summed E-state index contributed by atoms with van der Waals surface area (Å²) in [5.74, 6) is 0. The van der Waals surface area contributed by atoms with Gasteiger partial charge in [0.05, 0.1) is 0 Å². The van der Waals surface area contributed by atoms with Gasteiger partial charge in [0.1, 0.15) is 0 Å². The maximum atomic E-state index is 2.19. The van der Waals surface area contributed by atoms with Gasteiger partial charge in [-0.25, -0.2) is 0 Å². The standard InChI is InChI=1S/C5H12.C4H10.C4H8.2C2H6/c1-5(2,3)4;2*1-3-4-2;2*1-2/h1-4H3;3-4H2,1-2H3;3-4H,1-2H3;2*1-2H3. The monoisotopic (exact) mass is 246 g/mol. The third-order valence-corrected chi connectivity index (χ3v) is 0.833. The zero-order valence-electron chi connectivity index (χ0n) is 15.1. The zero-order valence-corrected chi connectivity index (χ0v) is 15.1. The Labute approximate surface area is 114 Å². The molecule has 0 aromatic rings. The summed E-state index contributed by atoms with van der Waals surface area (Å²) in [6, 6.07) is 0. The smallest absolute Gasteiger partial charge is 0.0411 e. The molecule has 0 amide bonds. The first-order chi connectivity index (χ1) is 7.83. The summed E-state index contributed by atoms with van der Waals surface area (Å²) in [4.78, 5) is 0. The Kier molecular flexibility index (Phi) is 63.8. The molecule has 0 fully saturated rings. The highest BCUT2D eigenvalue weighted by Crippen LogP contribution is 2.08. The van der Waals surface area contributed by atoms with Crippen molar-refractivity contribution in [2.75, 3.05) is 0 Å². The Morgan fingerprint density at radius 3 is 0.765 bits per heavy atom. The van der Waals surface area contributed by atoms with Crippen molar-refractivity contribution in [1.29, 1.82) is 0 Å². The minimum atomic E-state index is 0.500. The van der Waals surface area contributed by atoms with E-state index in [0.717, 1.165) is 0 Å². The van der Waals surface area contributed by atoms with Crippen molar-refractivity contribution in [3.05, 3.63) is 12.2 Å². The molecule has 0 aliphatic rings. The van der Waals surface area contributed by atoms with Crippen LogP contribution in [0.4, 0.5) is 0 Å². The number of hydrogen-bond donors (Lipinski definition) is 0. The normalized spacial score (nSPS) is 8.24. The molecule has 0 N–H and O–H groups in total. The van der Waals surface area contributed by atoms with Crippen LogP contribution in [-0.2, 0) is 0 Å². The fraction of sp³-hybridized carbons (Fsp3) is 0.882. The molecule has 0 rings (SSSR count). The highest BCUT2D eigenvalue weighted by Gasteiger charge is 1.95. The molecule has 0 saturated carbocycles. The van der Waals surface area contributed by atoms with Crippen LogP contribution in [0.5, 0.6) is 0 Å². The lowest BCUT2D eigenvalue weighted by Gasteiger charge is -2.05. The van der Waals surface area contributed by atoms with E-state index in [2.05, 4.69) is 41.5 Å². The number of rotatable bonds is 1. The molecular formula is C17H42. The van der Waals surface area contributed by atoms with E-state index in [9.17, 15) is 0 Å². The topological polar surface area (TPSA) is 0 Å². The summed E-state index contributed by atoms with van der Waals surface area (Å²) in [6.45, 7) is 25.1. The molecule has 0 aliphatic heterocycles. The van der Waals surface area contributed by atoms with Gasteiger partial charge in [0.2, 0.25) is 0 Å². The van der Waals surface area contributed by atoms with Crippen LogP contribution >= 0.6 is 0 Å². The Balaban J connectivity index is -0.0000000371. The minimum Gasteiger partial charge on any atom is -0.0919 e. The Morgan fingerprint density at radius 2 is 0.765 bits per heavy atom.